The normalized spacial score (nSPS) is 14.3. The van der Waals surface area contributed by atoms with E-state index in [-0.39, 0.29) is 0 Å². The SMILES string of the molecule is C#CC(=O)OCCC(F)(F)CC(F)(F)CC(F)(F)CC(F)(F)CC(F)(F)CC(F)(F)F. The highest BCUT2D eigenvalue weighted by Gasteiger charge is 2.56. The van der Waals surface area contributed by atoms with Gasteiger partial charge in [0, 0.05) is 12.3 Å². The molecule has 0 amide bonds. The molecule has 0 fully saturated rings. The van der Waals surface area contributed by atoms with E-state index in [1.165, 1.54) is 5.92 Å². The first-order valence-corrected chi connectivity index (χ1v) is 8.08. The Bertz CT molecular complexity index is 647. The Labute approximate surface area is 167 Å². The summed E-state index contributed by atoms with van der Waals surface area (Å²) in [5.74, 6) is -25.1. The van der Waals surface area contributed by atoms with E-state index in [2.05, 4.69) is 11.2 Å². The lowest BCUT2D eigenvalue weighted by molar-refractivity contribution is -0.219. The molecule has 0 unspecified atom stereocenters. The Morgan fingerprint density at radius 1 is 0.613 bits per heavy atom. The second kappa shape index (κ2) is 9.72. The lowest BCUT2D eigenvalue weighted by Crippen LogP contribution is -2.41. The molecule has 182 valence electrons. The van der Waals surface area contributed by atoms with Crippen LogP contribution in [-0.4, -0.2) is 48.4 Å². The zero-order valence-electron chi connectivity index (χ0n) is 15.3. The van der Waals surface area contributed by atoms with E-state index in [1.54, 1.807) is 0 Å². The van der Waals surface area contributed by atoms with Crippen molar-refractivity contribution in [3.8, 4) is 12.3 Å². The van der Waals surface area contributed by atoms with Gasteiger partial charge in [-0.25, -0.2) is 48.7 Å². The van der Waals surface area contributed by atoms with Crippen molar-refractivity contribution < 1.29 is 66.6 Å². The molecule has 15 heteroatoms. The Morgan fingerprint density at radius 2 is 0.935 bits per heavy atom. The number of hydrogen-bond donors (Lipinski definition) is 0. The number of carbonyl (C=O) groups is 1. The van der Waals surface area contributed by atoms with Gasteiger partial charge in [-0.3, -0.25) is 0 Å². The van der Waals surface area contributed by atoms with Crippen LogP contribution in [0.3, 0.4) is 0 Å². The maximum Gasteiger partial charge on any atom is 0.394 e. The number of esters is 1. The predicted octanol–water partition coefficient (Wildman–Crippen LogP) is 6.24. The number of halogens is 13. The molecule has 31 heavy (non-hydrogen) atoms. The summed E-state index contributed by atoms with van der Waals surface area (Å²) in [6.45, 7) is -1.17. The zero-order chi connectivity index (χ0) is 24.9. The smallest absolute Gasteiger partial charge is 0.394 e. The molecule has 0 aromatic heterocycles. The van der Waals surface area contributed by atoms with Crippen LogP contribution in [0.5, 0.6) is 0 Å². The molecule has 0 atom stereocenters. The van der Waals surface area contributed by atoms with Crippen LogP contribution in [0.15, 0.2) is 0 Å². The Hall–Kier alpha value is -1.88. The molecule has 0 bridgehead atoms. The van der Waals surface area contributed by atoms with Gasteiger partial charge >= 0.3 is 12.1 Å². The predicted molar refractivity (Wildman–Crippen MR) is 78.3 cm³/mol. The van der Waals surface area contributed by atoms with Gasteiger partial charge in [0.1, 0.15) is 6.42 Å². The molecule has 2 nitrogen and oxygen atoms in total. The number of alkyl halides is 13. The molecule has 0 aliphatic carbocycles. The van der Waals surface area contributed by atoms with Crippen molar-refractivity contribution in [1.29, 1.82) is 0 Å². The Balaban J connectivity index is 5.03. The summed E-state index contributed by atoms with van der Waals surface area (Å²) < 4.78 is 174. The van der Waals surface area contributed by atoms with Crippen LogP contribution in [0, 0.1) is 12.3 Å². The fraction of sp³-hybridized carbons (Fsp3) is 0.812. The van der Waals surface area contributed by atoms with Crippen LogP contribution in [0.1, 0.15) is 38.5 Å². The van der Waals surface area contributed by atoms with Crippen molar-refractivity contribution in [1.82, 2.24) is 0 Å². The summed E-state index contributed by atoms with van der Waals surface area (Å²) in [6, 6.07) is 0. The van der Waals surface area contributed by atoms with E-state index in [9.17, 15) is 61.9 Å². The van der Waals surface area contributed by atoms with Crippen LogP contribution in [-0.2, 0) is 9.53 Å². The zero-order valence-corrected chi connectivity index (χ0v) is 15.3. The molecule has 0 saturated heterocycles. The summed E-state index contributed by atoms with van der Waals surface area (Å²) >= 11 is 0. The van der Waals surface area contributed by atoms with Gasteiger partial charge in [-0.2, -0.15) is 13.2 Å². The standard InChI is InChI=1S/C16H15F13O2/c1-2-10(30)31-4-3-11(17,18)5-12(19,20)6-13(21,22)7-14(23,24)8-15(25,26)9-16(27,28)29/h1H,3-9H2. The van der Waals surface area contributed by atoms with Crippen molar-refractivity contribution in [2.75, 3.05) is 6.61 Å². The molecule has 0 heterocycles. The van der Waals surface area contributed by atoms with Gasteiger partial charge in [0.15, 0.2) is 0 Å². The van der Waals surface area contributed by atoms with Crippen molar-refractivity contribution in [2.45, 2.75) is 74.3 Å². The highest BCUT2D eigenvalue weighted by atomic mass is 19.4. The lowest BCUT2D eigenvalue weighted by Gasteiger charge is -2.30. The molecule has 0 N–H and O–H groups in total. The first-order valence-electron chi connectivity index (χ1n) is 8.08. The van der Waals surface area contributed by atoms with Crippen LogP contribution in [0.2, 0.25) is 0 Å². The molecule has 0 radical (unpaired) electrons. The van der Waals surface area contributed by atoms with Gasteiger partial charge in [-0.05, 0) is 0 Å². The average molecular weight is 486 g/mol. The van der Waals surface area contributed by atoms with E-state index >= 15 is 0 Å². The molecular formula is C16H15F13O2. The molecule has 0 rings (SSSR count). The minimum Gasteiger partial charge on any atom is -0.456 e. The Morgan fingerprint density at radius 3 is 1.26 bits per heavy atom. The third-order valence-electron chi connectivity index (χ3n) is 3.35. The van der Waals surface area contributed by atoms with E-state index in [4.69, 9.17) is 0 Å². The summed E-state index contributed by atoms with van der Waals surface area (Å²) in [4.78, 5) is 10.5. The molecule has 0 spiro atoms. The largest absolute Gasteiger partial charge is 0.456 e. The fourth-order valence-electron chi connectivity index (χ4n) is 2.48. The summed E-state index contributed by atoms with van der Waals surface area (Å²) in [7, 11) is 0. The van der Waals surface area contributed by atoms with E-state index in [0.29, 0.717) is 0 Å². The van der Waals surface area contributed by atoms with Gasteiger partial charge in [-0.15, -0.1) is 6.42 Å². The topological polar surface area (TPSA) is 26.3 Å². The molecule has 0 aromatic rings. The highest BCUT2D eigenvalue weighted by molar-refractivity contribution is 5.87. The highest BCUT2D eigenvalue weighted by Crippen LogP contribution is 2.46. The van der Waals surface area contributed by atoms with Gasteiger partial charge in [0.05, 0.1) is 32.3 Å². The summed E-state index contributed by atoms with van der Waals surface area (Å²) in [6.07, 6.45) is -17.3. The van der Waals surface area contributed by atoms with Crippen LogP contribution < -0.4 is 0 Å². The summed E-state index contributed by atoms with van der Waals surface area (Å²) in [5, 5.41) is 0. The maximum absolute atomic E-state index is 13.6. The van der Waals surface area contributed by atoms with Gasteiger partial charge in [0.25, 0.3) is 29.6 Å². The number of terminal acetylenes is 1. The number of hydrogen-bond acceptors (Lipinski definition) is 2. The molecule has 0 aliphatic heterocycles. The number of ether oxygens (including phenoxy) is 1. The van der Waals surface area contributed by atoms with E-state index in [0.717, 1.165) is 0 Å². The average Bonchev–Trinajstić information content (AvgIpc) is 2.37. The second-order valence-electron chi connectivity index (χ2n) is 6.81. The summed E-state index contributed by atoms with van der Waals surface area (Å²) in [5.41, 5.74) is 0. The quantitative estimate of drug-likeness (QED) is 0.141. The molecular weight excluding hydrogens is 471 g/mol. The van der Waals surface area contributed by atoms with Crippen molar-refractivity contribution in [3.05, 3.63) is 0 Å². The van der Waals surface area contributed by atoms with Crippen LogP contribution in [0.4, 0.5) is 57.1 Å². The maximum atomic E-state index is 13.6. The fourth-order valence-corrected chi connectivity index (χ4v) is 2.48. The van der Waals surface area contributed by atoms with Crippen LogP contribution in [0.25, 0.3) is 0 Å². The van der Waals surface area contributed by atoms with E-state index in [1.807, 2.05) is 0 Å². The second-order valence-corrected chi connectivity index (χ2v) is 6.81. The lowest BCUT2D eigenvalue weighted by atomic mass is 9.95. The van der Waals surface area contributed by atoms with E-state index < -0.39 is 86.9 Å². The van der Waals surface area contributed by atoms with Crippen molar-refractivity contribution in [2.24, 2.45) is 0 Å². The number of rotatable bonds is 12. The minimum atomic E-state index is -5.62. The van der Waals surface area contributed by atoms with Crippen molar-refractivity contribution >= 4 is 5.97 Å². The van der Waals surface area contributed by atoms with Gasteiger partial charge in [-0.1, -0.05) is 0 Å². The third-order valence-corrected chi connectivity index (χ3v) is 3.35. The third kappa shape index (κ3) is 13.9. The molecule has 0 aromatic carbocycles. The van der Waals surface area contributed by atoms with Gasteiger partial charge in [0.2, 0.25) is 0 Å². The first-order chi connectivity index (χ1) is 13.5. The minimum absolute atomic E-state index is 1.17. The van der Waals surface area contributed by atoms with Gasteiger partial charge < -0.3 is 4.74 Å². The Kier molecular flexibility index (Phi) is 9.13. The van der Waals surface area contributed by atoms with Crippen molar-refractivity contribution in [3.63, 3.8) is 0 Å². The molecule has 0 aliphatic rings. The first kappa shape index (κ1) is 29.1. The van der Waals surface area contributed by atoms with Crippen LogP contribution >= 0.6 is 0 Å². The molecule has 0 saturated carbocycles. The number of carbonyl (C=O) groups excluding carboxylic acids is 1. The monoisotopic (exact) mass is 486 g/mol.